The van der Waals surface area contributed by atoms with Crippen LogP contribution in [0.25, 0.3) is 0 Å². The zero-order valence-electron chi connectivity index (χ0n) is 12.6. The lowest BCUT2D eigenvalue weighted by Gasteiger charge is -2.46. The highest BCUT2D eigenvalue weighted by molar-refractivity contribution is 4.93. The van der Waals surface area contributed by atoms with Gasteiger partial charge in [-0.05, 0) is 56.5 Å². The monoisotopic (exact) mass is 252 g/mol. The lowest BCUT2D eigenvalue weighted by molar-refractivity contribution is 0.0260. The van der Waals surface area contributed by atoms with Gasteiger partial charge in [0.2, 0.25) is 0 Å². The first-order chi connectivity index (χ1) is 8.69. The third-order valence-electron chi connectivity index (χ3n) is 5.58. The molecule has 4 unspecified atom stereocenters. The lowest BCUT2D eigenvalue weighted by atomic mass is 9.77. The second-order valence-electron chi connectivity index (χ2n) is 6.70. The summed E-state index contributed by atoms with van der Waals surface area (Å²) in [4.78, 5) is 2.83. The van der Waals surface area contributed by atoms with Gasteiger partial charge in [-0.25, -0.2) is 0 Å². The summed E-state index contributed by atoms with van der Waals surface area (Å²) in [5.74, 6) is 2.49. The molecule has 0 spiro atoms. The van der Waals surface area contributed by atoms with Crippen molar-refractivity contribution in [3.63, 3.8) is 0 Å². The van der Waals surface area contributed by atoms with Crippen molar-refractivity contribution >= 4 is 0 Å². The molecule has 0 aromatic heterocycles. The molecule has 2 fully saturated rings. The molecule has 0 aromatic carbocycles. The molecule has 0 aliphatic heterocycles. The molecule has 2 N–H and O–H groups in total. The van der Waals surface area contributed by atoms with Crippen LogP contribution in [-0.4, -0.2) is 30.1 Å². The number of rotatable bonds is 4. The van der Waals surface area contributed by atoms with Gasteiger partial charge in [-0.15, -0.1) is 0 Å². The molecular weight excluding hydrogens is 220 g/mol. The standard InChI is InChI=1S/C16H32N2/c1-4-18(15-10-6-9-14(15)11-17)16-12(2)7-5-8-13(16)3/h12-16H,4-11,17H2,1-3H3. The van der Waals surface area contributed by atoms with Gasteiger partial charge in [0.15, 0.2) is 0 Å². The summed E-state index contributed by atoms with van der Waals surface area (Å²) in [6, 6.07) is 1.58. The third kappa shape index (κ3) is 2.75. The van der Waals surface area contributed by atoms with Crippen molar-refractivity contribution in [3.05, 3.63) is 0 Å². The van der Waals surface area contributed by atoms with Gasteiger partial charge in [-0.1, -0.05) is 33.6 Å². The first-order valence-corrected chi connectivity index (χ1v) is 8.14. The molecule has 0 aromatic rings. The van der Waals surface area contributed by atoms with Crippen LogP contribution in [-0.2, 0) is 0 Å². The maximum atomic E-state index is 5.99. The largest absolute Gasteiger partial charge is 0.330 e. The van der Waals surface area contributed by atoms with Crippen LogP contribution < -0.4 is 5.73 Å². The smallest absolute Gasteiger partial charge is 0.0149 e. The number of nitrogens with two attached hydrogens (primary N) is 1. The zero-order chi connectivity index (χ0) is 13.1. The summed E-state index contributed by atoms with van der Waals surface area (Å²) in [5, 5.41) is 0. The van der Waals surface area contributed by atoms with E-state index in [1.54, 1.807) is 0 Å². The SMILES string of the molecule is CCN(C1CCCC1CN)C1C(C)CCCC1C. The van der Waals surface area contributed by atoms with Crippen LogP contribution in [0.15, 0.2) is 0 Å². The molecule has 0 radical (unpaired) electrons. The van der Waals surface area contributed by atoms with Crippen LogP contribution in [0.1, 0.15) is 59.3 Å². The van der Waals surface area contributed by atoms with E-state index in [1.165, 1.54) is 45.1 Å². The first-order valence-electron chi connectivity index (χ1n) is 8.14. The highest BCUT2D eigenvalue weighted by atomic mass is 15.2. The molecule has 0 amide bonds. The molecule has 18 heavy (non-hydrogen) atoms. The van der Waals surface area contributed by atoms with Gasteiger partial charge in [0.1, 0.15) is 0 Å². The molecule has 2 heteroatoms. The van der Waals surface area contributed by atoms with Crippen molar-refractivity contribution in [1.82, 2.24) is 4.90 Å². The number of hydrogen-bond donors (Lipinski definition) is 1. The molecule has 2 rings (SSSR count). The Balaban J connectivity index is 2.11. The zero-order valence-corrected chi connectivity index (χ0v) is 12.6. The minimum atomic E-state index is 0.756. The maximum Gasteiger partial charge on any atom is 0.0149 e. The number of nitrogens with zero attached hydrogens (tertiary/aromatic N) is 1. The summed E-state index contributed by atoms with van der Waals surface area (Å²) in [6.45, 7) is 9.38. The Morgan fingerprint density at radius 1 is 1.00 bits per heavy atom. The van der Waals surface area contributed by atoms with E-state index in [-0.39, 0.29) is 0 Å². The topological polar surface area (TPSA) is 29.3 Å². The van der Waals surface area contributed by atoms with Crippen LogP contribution in [0.3, 0.4) is 0 Å². The summed E-state index contributed by atoms with van der Waals surface area (Å²) in [6.07, 6.45) is 8.40. The van der Waals surface area contributed by atoms with E-state index in [9.17, 15) is 0 Å². The van der Waals surface area contributed by atoms with Crippen molar-refractivity contribution < 1.29 is 0 Å². The molecule has 2 nitrogen and oxygen atoms in total. The Hall–Kier alpha value is -0.0800. The Morgan fingerprint density at radius 3 is 2.17 bits per heavy atom. The molecule has 0 bridgehead atoms. The predicted molar refractivity (Wildman–Crippen MR) is 78.5 cm³/mol. The van der Waals surface area contributed by atoms with Crippen molar-refractivity contribution in [2.75, 3.05) is 13.1 Å². The Labute approximate surface area is 113 Å². The fourth-order valence-electron chi connectivity index (χ4n) is 4.71. The normalized spacial score (nSPS) is 41.5. The average Bonchev–Trinajstić information content (AvgIpc) is 2.82. The summed E-state index contributed by atoms with van der Waals surface area (Å²) in [5.41, 5.74) is 5.99. The van der Waals surface area contributed by atoms with Crippen LogP contribution in [0.4, 0.5) is 0 Å². The molecule has 2 aliphatic carbocycles. The average molecular weight is 252 g/mol. The van der Waals surface area contributed by atoms with Gasteiger partial charge in [-0.3, -0.25) is 4.90 Å². The van der Waals surface area contributed by atoms with Crippen LogP contribution in [0.2, 0.25) is 0 Å². The van der Waals surface area contributed by atoms with E-state index < -0.39 is 0 Å². The minimum absolute atomic E-state index is 0.756. The second-order valence-corrected chi connectivity index (χ2v) is 6.70. The molecule has 2 aliphatic rings. The Bertz CT molecular complexity index is 243. The van der Waals surface area contributed by atoms with Gasteiger partial charge in [0, 0.05) is 12.1 Å². The summed E-state index contributed by atoms with van der Waals surface area (Å²) >= 11 is 0. The van der Waals surface area contributed by atoms with Crippen LogP contribution >= 0.6 is 0 Å². The van der Waals surface area contributed by atoms with E-state index in [0.717, 1.165) is 36.4 Å². The number of hydrogen-bond acceptors (Lipinski definition) is 2. The molecule has 4 atom stereocenters. The fourth-order valence-corrected chi connectivity index (χ4v) is 4.71. The maximum absolute atomic E-state index is 5.99. The predicted octanol–water partition coefficient (Wildman–Crippen LogP) is 3.26. The Kier molecular flexibility index (Phi) is 5.08. The molecule has 0 saturated heterocycles. The molecule has 0 heterocycles. The van der Waals surface area contributed by atoms with E-state index in [2.05, 4.69) is 25.7 Å². The lowest BCUT2D eigenvalue weighted by Crippen LogP contribution is -2.52. The molecule has 2 saturated carbocycles. The first kappa shape index (κ1) is 14.3. The third-order valence-corrected chi connectivity index (χ3v) is 5.58. The van der Waals surface area contributed by atoms with Crippen molar-refractivity contribution in [1.29, 1.82) is 0 Å². The van der Waals surface area contributed by atoms with Crippen molar-refractivity contribution in [3.8, 4) is 0 Å². The van der Waals surface area contributed by atoms with E-state index in [1.807, 2.05) is 0 Å². The van der Waals surface area contributed by atoms with Crippen LogP contribution in [0.5, 0.6) is 0 Å². The quantitative estimate of drug-likeness (QED) is 0.832. The minimum Gasteiger partial charge on any atom is -0.330 e. The van der Waals surface area contributed by atoms with Crippen molar-refractivity contribution in [2.24, 2.45) is 23.5 Å². The van der Waals surface area contributed by atoms with E-state index >= 15 is 0 Å². The van der Waals surface area contributed by atoms with E-state index in [4.69, 9.17) is 5.73 Å². The summed E-state index contributed by atoms with van der Waals surface area (Å²) in [7, 11) is 0. The van der Waals surface area contributed by atoms with Gasteiger partial charge in [-0.2, -0.15) is 0 Å². The Morgan fingerprint density at radius 2 is 1.61 bits per heavy atom. The molecule has 106 valence electrons. The van der Waals surface area contributed by atoms with Crippen LogP contribution in [0, 0.1) is 17.8 Å². The van der Waals surface area contributed by atoms with Gasteiger partial charge >= 0.3 is 0 Å². The fraction of sp³-hybridized carbons (Fsp3) is 1.00. The highest BCUT2D eigenvalue weighted by Gasteiger charge is 2.39. The van der Waals surface area contributed by atoms with E-state index in [0.29, 0.717) is 0 Å². The van der Waals surface area contributed by atoms with Crippen molar-refractivity contribution in [2.45, 2.75) is 71.4 Å². The van der Waals surface area contributed by atoms with Gasteiger partial charge in [0.25, 0.3) is 0 Å². The second kappa shape index (κ2) is 6.38. The van der Waals surface area contributed by atoms with Gasteiger partial charge < -0.3 is 5.73 Å². The van der Waals surface area contributed by atoms with Gasteiger partial charge in [0.05, 0.1) is 0 Å². The summed E-state index contributed by atoms with van der Waals surface area (Å²) < 4.78 is 0. The molecular formula is C16H32N2. The highest BCUT2D eigenvalue weighted by Crippen LogP contribution is 2.38.